The minimum atomic E-state index is -1.01. The fourth-order valence-corrected chi connectivity index (χ4v) is 3.59. The number of thiazole rings is 1. The highest BCUT2D eigenvalue weighted by Crippen LogP contribution is 2.36. The van der Waals surface area contributed by atoms with E-state index in [1.54, 1.807) is 13.3 Å². The number of methoxy groups -OCH3 is 1. The van der Waals surface area contributed by atoms with Crippen molar-refractivity contribution in [3.63, 3.8) is 0 Å². The number of hydrogen-bond donors (Lipinski definition) is 1. The standard InChI is InChI=1S/C16H16N2O3S/c1-8-5-11(9(2)10(3)14(8)21-4)13-7-22-16-17-12(15(19)20)6-18(13)16/h5-7H,1-4H3,(H,19,20). The van der Waals surface area contributed by atoms with Crippen molar-refractivity contribution in [3.8, 4) is 17.0 Å². The van der Waals surface area contributed by atoms with E-state index < -0.39 is 5.97 Å². The van der Waals surface area contributed by atoms with Crippen LogP contribution in [0.25, 0.3) is 16.2 Å². The summed E-state index contributed by atoms with van der Waals surface area (Å²) in [6.07, 6.45) is 1.57. The molecular formula is C16H16N2O3S. The molecule has 0 radical (unpaired) electrons. The zero-order valence-corrected chi connectivity index (χ0v) is 13.6. The van der Waals surface area contributed by atoms with Crippen molar-refractivity contribution in [1.82, 2.24) is 9.38 Å². The maximum atomic E-state index is 11.1. The molecule has 0 saturated heterocycles. The number of nitrogens with zero attached hydrogens (tertiary/aromatic N) is 2. The van der Waals surface area contributed by atoms with Gasteiger partial charge in [-0.2, -0.15) is 0 Å². The Morgan fingerprint density at radius 1 is 1.32 bits per heavy atom. The van der Waals surface area contributed by atoms with Crippen molar-refractivity contribution in [3.05, 3.63) is 40.0 Å². The molecule has 0 bridgehead atoms. The molecule has 3 rings (SSSR count). The van der Waals surface area contributed by atoms with Gasteiger partial charge in [0.15, 0.2) is 10.7 Å². The van der Waals surface area contributed by atoms with Crippen molar-refractivity contribution in [2.24, 2.45) is 0 Å². The second kappa shape index (κ2) is 5.14. The summed E-state index contributed by atoms with van der Waals surface area (Å²) in [6, 6.07) is 2.07. The van der Waals surface area contributed by atoms with Crippen LogP contribution >= 0.6 is 11.3 Å². The van der Waals surface area contributed by atoms with Crippen molar-refractivity contribution in [1.29, 1.82) is 0 Å². The number of aromatic carboxylic acids is 1. The van der Waals surface area contributed by atoms with Crippen LogP contribution in [0.15, 0.2) is 17.6 Å². The smallest absolute Gasteiger partial charge is 0.356 e. The van der Waals surface area contributed by atoms with Crippen LogP contribution in [0.3, 0.4) is 0 Å². The molecule has 0 spiro atoms. The van der Waals surface area contributed by atoms with E-state index in [0.29, 0.717) is 4.96 Å². The number of aryl methyl sites for hydroxylation is 1. The Morgan fingerprint density at radius 2 is 2.05 bits per heavy atom. The summed E-state index contributed by atoms with van der Waals surface area (Å²) >= 11 is 1.43. The molecule has 3 aromatic rings. The highest BCUT2D eigenvalue weighted by molar-refractivity contribution is 7.15. The third kappa shape index (κ3) is 2.07. The quantitative estimate of drug-likeness (QED) is 0.800. The number of hydrogen-bond acceptors (Lipinski definition) is 4. The molecule has 0 saturated carbocycles. The van der Waals surface area contributed by atoms with Crippen LogP contribution in [0, 0.1) is 20.8 Å². The lowest BCUT2D eigenvalue weighted by Gasteiger charge is -2.15. The Morgan fingerprint density at radius 3 is 2.68 bits per heavy atom. The molecule has 0 aliphatic carbocycles. The zero-order chi connectivity index (χ0) is 16.0. The molecule has 0 aliphatic rings. The molecule has 0 amide bonds. The van der Waals surface area contributed by atoms with Gasteiger partial charge in [-0.05, 0) is 43.5 Å². The fourth-order valence-electron chi connectivity index (χ4n) is 2.72. The second-order valence-corrected chi connectivity index (χ2v) is 6.07. The summed E-state index contributed by atoms with van der Waals surface area (Å²) in [7, 11) is 1.67. The van der Waals surface area contributed by atoms with Crippen LogP contribution in [-0.2, 0) is 0 Å². The van der Waals surface area contributed by atoms with Crippen LogP contribution in [0.2, 0.25) is 0 Å². The fraction of sp³-hybridized carbons (Fsp3) is 0.250. The Labute approximate surface area is 131 Å². The highest BCUT2D eigenvalue weighted by atomic mass is 32.1. The normalized spacial score (nSPS) is 11.1. The third-order valence-electron chi connectivity index (χ3n) is 3.93. The van der Waals surface area contributed by atoms with Gasteiger partial charge in [0, 0.05) is 17.1 Å². The lowest BCUT2D eigenvalue weighted by Crippen LogP contribution is -1.98. The largest absolute Gasteiger partial charge is 0.496 e. The number of carboxylic acids is 1. The van der Waals surface area contributed by atoms with Gasteiger partial charge in [-0.3, -0.25) is 4.40 Å². The van der Waals surface area contributed by atoms with Crippen molar-refractivity contribution < 1.29 is 14.6 Å². The average molecular weight is 316 g/mol. The number of aromatic nitrogens is 2. The molecule has 5 nitrogen and oxygen atoms in total. The van der Waals surface area contributed by atoms with Gasteiger partial charge in [-0.25, -0.2) is 9.78 Å². The van der Waals surface area contributed by atoms with Gasteiger partial charge in [0.1, 0.15) is 5.75 Å². The summed E-state index contributed by atoms with van der Waals surface area (Å²) in [5.41, 5.74) is 5.34. The Kier molecular flexibility index (Phi) is 3.41. The van der Waals surface area contributed by atoms with Gasteiger partial charge in [0.2, 0.25) is 0 Å². The summed E-state index contributed by atoms with van der Waals surface area (Å²) < 4.78 is 7.29. The monoisotopic (exact) mass is 316 g/mol. The Balaban J connectivity index is 2.25. The molecule has 22 heavy (non-hydrogen) atoms. The van der Waals surface area contributed by atoms with Crippen molar-refractivity contribution in [2.45, 2.75) is 20.8 Å². The topological polar surface area (TPSA) is 63.8 Å². The molecule has 0 fully saturated rings. The Hall–Kier alpha value is -2.34. The molecule has 0 aliphatic heterocycles. The van der Waals surface area contributed by atoms with Gasteiger partial charge in [0.05, 0.1) is 12.8 Å². The minimum absolute atomic E-state index is 0.0627. The first-order valence-electron chi connectivity index (χ1n) is 6.79. The maximum Gasteiger partial charge on any atom is 0.356 e. The highest BCUT2D eigenvalue weighted by Gasteiger charge is 2.17. The number of carboxylic acid groups (broad SMARTS) is 1. The van der Waals surface area contributed by atoms with E-state index >= 15 is 0 Å². The molecule has 1 aromatic carbocycles. The van der Waals surface area contributed by atoms with Gasteiger partial charge in [0.25, 0.3) is 0 Å². The van der Waals surface area contributed by atoms with Gasteiger partial charge in [-0.15, -0.1) is 11.3 Å². The Bertz CT molecular complexity index is 893. The van der Waals surface area contributed by atoms with E-state index in [4.69, 9.17) is 9.84 Å². The van der Waals surface area contributed by atoms with Crippen LogP contribution in [0.4, 0.5) is 0 Å². The second-order valence-electron chi connectivity index (χ2n) is 5.23. The first-order chi connectivity index (χ1) is 10.4. The van der Waals surface area contributed by atoms with Crippen LogP contribution in [0.1, 0.15) is 27.2 Å². The van der Waals surface area contributed by atoms with Gasteiger partial charge in [-0.1, -0.05) is 0 Å². The van der Waals surface area contributed by atoms with E-state index in [0.717, 1.165) is 33.7 Å². The molecule has 0 atom stereocenters. The number of carbonyl (C=O) groups is 1. The SMILES string of the molecule is COc1c(C)cc(-c2csc3nc(C(=O)O)cn23)c(C)c1C. The predicted octanol–water partition coefficient (Wildman–Crippen LogP) is 3.69. The van der Waals surface area contributed by atoms with Crippen molar-refractivity contribution in [2.75, 3.05) is 7.11 Å². The van der Waals surface area contributed by atoms with Crippen molar-refractivity contribution >= 4 is 22.3 Å². The molecule has 2 aromatic heterocycles. The third-order valence-corrected chi connectivity index (χ3v) is 4.77. The van der Waals surface area contributed by atoms with E-state index in [1.807, 2.05) is 30.6 Å². The van der Waals surface area contributed by atoms with Crippen LogP contribution < -0.4 is 4.74 Å². The van der Waals surface area contributed by atoms with Gasteiger partial charge < -0.3 is 9.84 Å². The molecule has 2 heterocycles. The van der Waals surface area contributed by atoms with Crippen LogP contribution in [0.5, 0.6) is 5.75 Å². The maximum absolute atomic E-state index is 11.1. The molecule has 6 heteroatoms. The number of fused-ring (bicyclic) bond motifs is 1. The summed E-state index contributed by atoms with van der Waals surface area (Å²) in [6.45, 7) is 6.09. The summed E-state index contributed by atoms with van der Waals surface area (Å²) in [4.78, 5) is 15.9. The summed E-state index contributed by atoms with van der Waals surface area (Å²) in [5, 5.41) is 11.1. The number of ether oxygens (including phenoxy) is 1. The first kappa shape index (κ1) is 14.6. The van der Waals surface area contributed by atoms with Gasteiger partial charge >= 0.3 is 5.97 Å². The van der Waals surface area contributed by atoms with E-state index in [9.17, 15) is 4.79 Å². The number of benzene rings is 1. The predicted molar refractivity (Wildman–Crippen MR) is 86.2 cm³/mol. The van der Waals surface area contributed by atoms with E-state index in [1.165, 1.54) is 11.3 Å². The molecule has 0 unspecified atom stereocenters. The number of rotatable bonds is 3. The van der Waals surface area contributed by atoms with E-state index in [2.05, 4.69) is 11.1 Å². The number of imidazole rings is 1. The summed E-state index contributed by atoms with van der Waals surface area (Å²) in [5.74, 6) is -0.120. The molecular weight excluding hydrogens is 300 g/mol. The molecule has 114 valence electrons. The zero-order valence-electron chi connectivity index (χ0n) is 12.8. The average Bonchev–Trinajstić information content (AvgIpc) is 3.03. The van der Waals surface area contributed by atoms with E-state index in [-0.39, 0.29) is 5.69 Å². The lowest BCUT2D eigenvalue weighted by molar-refractivity contribution is 0.0691. The minimum Gasteiger partial charge on any atom is -0.496 e. The van der Waals surface area contributed by atoms with Crippen LogP contribution in [-0.4, -0.2) is 27.6 Å². The molecule has 1 N–H and O–H groups in total. The first-order valence-corrected chi connectivity index (χ1v) is 7.67. The lowest BCUT2D eigenvalue weighted by atomic mass is 9.97.